The van der Waals surface area contributed by atoms with E-state index in [1.807, 2.05) is 0 Å². The summed E-state index contributed by atoms with van der Waals surface area (Å²) in [4.78, 5) is 40.6. The average molecular weight is 471 g/mol. The van der Waals surface area contributed by atoms with Crippen LogP contribution in [-0.2, 0) is 16.1 Å². The lowest BCUT2D eigenvalue weighted by molar-refractivity contribution is -0.123. The van der Waals surface area contributed by atoms with Gasteiger partial charge < -0.3 is 19.5 Å². The fourth-order valence-corrected chi connectivity index (χ4v) is 4.59. The lowest BCUT2D eigenvalue weighted by Gasteiger charge is -2.36. The molecule has 2 amide bonds. The first-order valence-electron chi connectivity index (χ1n) is 11.5. The summed E-state index contributed by atoms with van der Waals surface area (Å²) in [7, 11) is 4.29. The molecule has 0 bridgehead atoms. The molecular weight excluding hydrogens is 440 g/mol. The van der Waals surface area contributed by atoms with E-state index in [2.05, 4.69) is 10.4 Å². The summed E-state index contributed by atoms with van der Waals surface area (Å²) < 4.78 is 16.9. The first-order valence-corrected chi connectivity index (χ1v) is 11.5. The van der Waals surface area contributed by atoms with Gasteiger partial charge in [0.2, 0.25) is 5.91 Å². The van der Waals surface area contributed by atoms with Crippen molar-refractivity contribution < 1.29 is 28.6 Å². The number of carbonyl (C=O) groups is 3. The Hall–Kier alpha value is -3.56. The predicted molar refractivity (Wildman–Crippen MR) is 123 cm³/mol. The molecule has 0 saturated heterocycles. The van der Waals surface area contributed by atoms with Crippen molar-refractivity contribution >= 4 is 23.5 Å². The van der Waals surface area contributed by atoms with Gasteiger partial charge in [-0.15, -0.1) is 0 Å². The first-order chi connectivity index (χ1) is 16.4. The molecule has 4 rings (SSSR count). The largest absolute Gasteiger partial charge is 0.497 e. The zero-order chi connectivity index (χ0) is 24.2. The van der Waals surface area contributed by atoms with Crippen LogP contribution < -0.4 is 19.7 Å². The molecule has 182 valence electrons. The Bertz CT molecular complexity index is 1050. The summed E-state index contributed by atoms with van der Waals surface area (Å²) in [6.07, 6.45) is 6.29. The van der Waals surface area contributed by atoms with E-state index in [-0.39, 0.29) is 29.9 Å². The van der Waals surface area contributed by atoms with Gasteiger partial charge in [0, 0.05) is 30.3 Å². The molecule has 1 aliphatic carbocycles. The van der Waals surface area contributed by atoms with Crippen molar-refractivity contribution in [2.75, 3.05) is 26.2 Å². The molecule has 2 aliphatic rings. The topological polar surface area (TPSA) is 112 Å². The number of nitrogens with zero attached hydrogens (tertiary/aromatic N) is 3. The van der Waals surface area contributed by atoms with Crippen LogP contribution in [0.2, 0.25) is 0 Å². The lowest BCUT2D eigenvalue weighted by atomic mass is 10.1. The zero-order valence-corrected chi connectivity index (χ0v) is 19.7. The molecular formula is C24H30N4O6. The van der Waals surface area contributed by atoms with Gasteiger partial charge in [0.05, 0.1) is 33.6 Å². The first kappa shape index (κ1) is 23.6. The Labute approximate surface area is 198 Å². The van der Waals surface area contributed by atoms with E-state index in [4.69, 9.17) is 14.2 Å². The van der Waals surface area contributed by atoms with E-state index in [9.17, 15) is 14.4 Å². The molecule has 10 heteroatoms. The second-order valence-electron chi connectivity index (χ2n) is 8.55. The smallest absolute Gasteiger partial charge is 0.358 e. The minimum absolute atomic E-state index is 0.0128. The highest BCUT2D eigenvalue weighted by atomic mass is 16.5. The standard InChI is InChI=1S/C24H30N4O6/c1-32-17-10-16(11-18(12-17)33-2)28-21(22(29)25-15-8-6-4-5-7-9-15)14-27-20(23(28)30)13-19(26-27)24(31)34-3/h10-13,15,21H,4-9,14H2,1-3H3,(H,25,29). The third-order valence-corrected chi connectivity index (χ3v) is 6.39. The normalized spacial score (nSPS) is 18.6. The third-order valence-electron chi connectivity index (χ3n) is 6.39. The molecule has 10 nitrogen and oxygen atoms in total. The number of methoxy groups -OCH3 is 3. The Kier molecular flexibility index (Phi) is 7.04. The molecule has 1 N–H and O–H groups in total. The quantitative estimate of drug-likeness (QED) is 0.510. The van der Waals surface area contributed by atoms with Crippen LogP contribution in [0.25, 0.3) is 0 Å². The van der Waals surface area contributed by atoms with Crippen LogP contribution in [-0.4, -0.2) is 61.0 Å². The molecule has 34 heavy (non-hydrogen) atoms. The maximum Gasteiger partial charge on any atom is 0.358 e. The fraction of sp³-hybridized carbons (Fsp3) is 0.500. The molecule has 1 aromatic heterocycles. The molecule has 1 atom stereocenters. The molecule has 0 spiro atoms. The summed E-state index contributed by atoms with van der Waals surface area (Å²) in [5, 5.41) is 7.38. The number of hydrogen-bond acceptors (Lipinski definition) is 7. The number of amides is 2. The fourth-order valence-electron chi connectivity index (χ4n) is 4.59. The van der Waals surface area contributed by atoms with E-state index < -0.39 is 17.9 Å². The predicted octanol–water partition coefficient (Wildman–Crippen LogP) is 2.55. The van der Waals surface area contributed by atoms with Crippen LogP contribution in [0, 0.1) is 0 Å². The Morgan fingerprint density at radius 3 is 2.21 bits per heavy atom. The van der Waals surface area contributed by atoms with Gasteiger partial charge in [-0.2, -0.15) is 5.10 Å². The second-order valence-corrected chi connectivity index (χ2v) is 8.55. The van der Waals surface area contributed by atoms with E-state index in [0.29, 0.717) is 17.2 Å². The highest BCUT2D eigenvalue weighted by molar-refractivity contribution is 6.11. The van der Waals surface area contributed by atoms with Crippen molar-refractivity contribution in [3.63, 3.8) is 0 Å². The van der Waals surface area contributed by atoms with Crippen LogP contribution in [0.1, 0.15) is 59.5 Å². The lowest BCUT2D eigenvalue weighted by Crippen LogP contribution is -2.57. The van der Waals surface area contributed by atoms with Gasteiger partial charge in [0.15, 0.2) is 5.69 Å². The van der Waals surface area contributed by atoms with Gasteiger partial charge in [0.1, 0.15) is 23.2 Å². The van der Waals surface area contributed by atoms with Crippen molar-refractivity contribution in [3.05, 3.63) is 35.7 Å². The molecule has 1 aromatic carbocycles. The number of esters is 1. The van der Waals surface area contributed by atoms with E-state index >= 15 is 0 Å². The van der Waals surface area contributed by atoms with Gasteiger partial charge in [-0.05, 0) is 12.8 Å². The molecule has 1 fully saturated rings. The van der Waals surface area contributed by atoms with Crippen LogP contribution in [0.5, 0.6) is 11.5 Å². The van der Waals surface area contributed by atoms with Crippen molar-refractivity contribution in [3.8, 4) is 11.5 Å². The molecule has 2 aromatic rings. The van der Waals surface area contributed by atoms with Gasteiger partial charge >= 0.3 is 5.97 Å². The van der Waals surface area contributed by atoms with Crippen LogP contribution in [0.3, 0.4) is 0 Å². The molecule has 2 heterocycles. The number of rotatable bonds is 6. The molecule has 0 radical (unpaired) electrons. The van der Waals surface area contributed by atoms with Crippen LogP contribution in [0.4, 0.5) is 5.69 Å². The zero-order valence-electron chi connectivity index (χ0n) is 19.7. The number of aromatic nitrogens is 2. The summed E-state index contributed by atoms with van der Waals surface area (Å²) in [6, 6.07) is 5.64. The van der Waals surface area contributed by atoms with Crippen molar-refractivity contribution in [2.24, 2.45) is 0 Å². The summed E-state index contributed by atoms with van der Waals surface area (Å²) in [5.74, 6) is -0.393. The van der Waals surface area contributed by atoms with Crippen molar-refractivity contribution in [2.45, 2.75) is 57.2 Å². The Balaban J connectivity index is 1.73. The van der Waals surface area contributed by atoms with Crippen LogP contribution >= 0.6 is 0 Å². The van der Waals surface area contributed by atoms with Crippen molar-refractivity contribution in [1.82, 2.24) is 15.1 Å². The van der Waals surface area contributed by atoms with Crippen LogP contribution in [0.15, 0.2) is 24.3 Å². The average Bonchev–Trinajstić information content (AvgIpc) is 3.13. The minimum atomic E-state index is -0.870. The van der Waals surface area contributed by atoms with Gasteiger partial charge in [-0.3, -0.25) is 19.2 Å². The number of anilines is 1. The van der Waals surface area contributed by atoms with E-state index in [1.165, 1.54) is 37.0 Å². The molecule has 1 unspecified atom stereocenters. The number of carbonyl (C=O) groups excluding carboxylic acids is 3. The molecule has 1 aliphatic heterocycles. The number of fused-ring (bicyclic) bond motifs is 1. The van der Waals surface area contributed by atoms with Gasteiger partial charge in [0.25, 0.3) is 5.91 Å². The van der Waals surface area contributed by atoms with Crippen molar-refractivity contribution in [1.29, 1.82) is 0 Å². The maximum absolute atomic E-state index is 13.7. The second kappa shape index (κ2) is 10.1. The number of hydrogen-bond donors (Lipinski definition) is 1. The van der Waals surface area contributed by atoms with Gasteiger partial charge in [-0.1, -0.05) is 25.7 Å². The summed E-state index contributed by atoms with van der Waals surface area (Å²) in [5.41, 5.74) is 0.661. The Morgan fingerprint density at radius 2 is 1.62 bits per heavy atom. The number of ether oxygens (including phenoxy) is 3. The minimum Gasteiger partial charge on any atom is -0.497 e. The highest BCUT2D eigenvalue weighted by Gasteiger charge is 2.40. The Morgan fingerprint density at radius 1 is 0.971 bits per heavy atom. The summed E-state index contributed by atoms with van der Waals surface area (Å²) in [6.45, 7) is 0.0934. The summed E-state index contributed by atoms with van der Waals surface area (Å²) >= 11 is 0. The SMILES string of the molecule is COC(=O)c1cc2n(n1)CC(C(=O)NC1CCCCCC1)N(c1cc(OC)cc(OC)c1)C2=O. The monoisotopic (exact) mass is 470 g/mol. The third kappa shape index (κ3) is 4.71. The molecule has 1 saturated carbocycles. The number of nitrogens with one attached hydrogen (secondary N) is 1. The maximum atomic E-state index is 13.7. The van der Waals surface area contributed by atoms with E-state index in [0.717, 1.165) is 38.5 Å². The van der Waals surface area contributed by atoms with Gasteiger partial charge in [-0.25, -0.2) is 4.79 Å². The van der Waals surface area contributed by atoms with E-state index in [1.54, 1.807) is 18.2 Å². The highest BCUT2D eigenvalue weighted by Crippen LogP contribution is 2.33. The number of benzene rings is 1.